The standard InChI is InChI=1S/C21H25N7.HI/c1-2-22-21(23-12-10-16-15-25-18-8-4-3-7-17(16)18)24-13-11-20-27-26-19-9-5-6-14-28(19)20;/h3-9,14-15,25H,2,10-13H2,1H3,(H2,22,23,24);1H. The molecule has 0 aliphatic rings. The number of para-hydroxylation sites is 1. The minimum Gasteiger partial charge on any atom is -0.361 e. The highest BCUT2D eigenvalue weighted by Crippen LogP contribution is 2.17. The molecule has 0 aliphatic carbocycles. The summed E-state index contributed by atoms with van der Waals surface area (Å²) in [6.45, 7) is 4.37. The number of hydrogen-bond acceptors (Lipinski definition) is 3. The third-order valence-electron chi connectivity index (χ3n) is 4.70. The Morgan fingerprint density at radius 3 is 2.83 bits per heavy atom. The molecule has 152 valence electrons. The highest BCUT2D eigenvalue weighted by Gasteiger charge is 2.05. The molecule has 7 nitrogen and oxygen atoms in total. The molecule has 3 N–H and O–H groups in total. The lowest BCUT2D eigenvalue weighted by Gasteiger charge is -2.11. The molecule has 0 saturated carbocycles. The second kappa shape index (κ2) is 10.2. The molecule has 0 atom stereocenters. The Labute approximate surface area is 187 Å². The summed E-state index contributed by atoms with van der Waals surface area (Å²) in [5, 5.41) is 16.5. The first kappa shape index (κ1) is 21.1. The highest BCUT2D eigenvalue weighted by atomic mass is 127. The van der Waals surface area contributed by atoms with E-state index in [0.717, 1.165) is 43.4 Å². The van der Waals surface area contributed by atoms with Crippen LogP contribution in [0.5, 0.6) is 0 Å². The number of guanidine groups is 1. The summed E-state index contributed by atoms with van der Waals surface area (Å²) in [6.07, 6.45) is 5.75. The van der Waals surface area contributed by atoms with E-state index in [-0.39, 0.29) is 24.0 Å². The molecule has 4 rings (SSSR count). The van der Waals surface area contributed by atoms with E-state index in [0.29, 0.717) is 6.54 Å². The van der Waals surface area contributed by atoms with Crippen molar-refractivity contribution in [1.29, 1.82) is 0 Å². The van der Waals surface area contributed by atoms with Crippen LogP contribution in [0.1, 0.15) is 18.3 Å². The van der Waals surface area contributed by atoms with Crippen LogP contribution in [0, 0.1) is 0 Å². The monoisotopic (exact) mass is 503 g/mol. The molecule has 0 fully saturated rings. The molecule has 0 spiro atoms. The van der Waals surface area contributed by atoms with Crippen molar-refractivity contribution >= 4 is 46.5 Å². The molecule has 0 aliphatic heterocycles. The van der Waals surface area contributed by atoms with E-state index >= 15 is 0 Å². The topological polar surface area (TPSA) is 82.4 Å². The van der Waals surface area contributed by atoms with Gasteiger partial charge < -0.3 is 15.6 Å². The molecular formula is C21H26IN7. The molecule has 1 aromatic carbocycles. The summed E-state index contributed by atoms with van der Waals surface area (Å²) in [6, 6.07) is 14.3. The zero-order valence-electron chi connectivity index (χ0n) is 16.4. The van der Waals surface area contributed by atoms with E-state index in [1.165, 1.54) is 16.5 Å². The van der Waals surface area contributed by atoms with Gasteiger partial charge in [0.15, 0.2) is 11.6 Å². The Kier molecular flexibility index (Phi) is 7.45. The van der Waals surface area contributed by atoms with Gasteiger partial charge in [-0.3, -0.25) is 9.39 Å². The van der Waals surface area contributed by atoms with Gasteiger partial charge >= 0.3 is 0 Å². The maximum absolute atomic E-state index is 4.68. The number of aromatic amines is 1. The Hall–Kier alpha value is -2.62. The van der Waals surface area contributed by atoms with Crippen molar-refractivity contribution in [1.82, 2.24) is 30.2 Å². The molecule has 0 amide bonds. The number of hydrogen-bond donors (Lipinski definition) is 3. The maximum atomic E-state index is 4.68. The second-order valence-corrected chi connectivity index (χ2v) is 6.59. The molecule has 3 heterocycles. The van der Waals surface area contributed by atoms with Crippen molar-refractivity contribution in [2.45, 2.75) is 19.8 Å². The largest absolute Gasteiger partial charge is 0.361 e. The van der Waals surface area contributed by atoms with E-state index in [2.05, 4.69) is 68.2 Å². The van der Waals surface area contributed by atoms with Gasteiger partial charge in [-0.05, 0) is 37.1 Å². The predicted octanol–water partition coefficient (Wildman–Crippen LogP) is 3.17. The normalized spacial score (nSPS) is 11.6. The fraction of sp³-hybridized carbons (Fsp3) is 0.286. The summed E-state index contributed by atoms with van der Waals surface area (Å²) < 4.78 is 2.01. The minimum absolute atomic E-state index is 0. The summed E-state index contributed by atoms with van der Waals surface area (Å²) in [5.41, 5.74) is 3.36. The molecule has 3 aromatic heterocycles. The molecule has 0 saturated heterocycles. The summed E-state index contributed by atoms with van der Waals surface area (Å²) in [7, 11) is 0. The lowest BCUT2D eigenvalue weighted by molar-refractivity contribution is 0.787. The number of nitrogens with zero attached hydrogens (tertiary/aromatic N) is 4. The average Bonchev–Trinajstić information content (AvgIpc) is 3.33. The van der Waals surface area contributed by atoms with E-state index < -0.39 is 0 Å². The van der Waals surface area contributed by atoms with Gasteiger partial charge in [-0.15, -0.1) is 34.2 Å². The van der Waals surface area contributed by atoms with Crippen molar-refractivity contribution in [3.05, 3.63) is 66.2 Å². The van der Waals surface area contributed by atoms with E-state index in [4.69, 9.17) is 0 Å². The predicted molar refractivity (Wildman–Crippen MR) is 128 cm³/mol. The number of benzene rings is 1. The Balaban J connectivity index is 0.00000240. The number of fused-ring (bicyclic) bond motifs is 2. The first-order valence-electron chi connectivity index (χ1n) is 9.71. The Morgan fingerprint density at radius 1 is 1.07 bits per heavy atom. The Morgan fingerprint density at radius 2 is 1.93 bits per heavy atom. The molecular weight excluding hydrogens is 477 g/mol. The zero-order chi connectivity index (χ0) is 19.2. The van der Waals surface area contributed by atoms with Crippen LogP contribution in [0.15, 0.2) is 59.9 Å². The number of aromatic nitrogens is 4. The maximum Gasteiger partial charge on any atom is 0.191 e. The van der Waals surface area contributed by atoms with E-state index in [9.17, 15) is 0 Å². The van der Waals surface area contributed by atoms with Gasteiger partial charge in [0, 0.05) is 49.4 Å². The molecule has 8 heteroatoms. The van der Waals surface area contributed by atoms with E-state index in [1.54, 1.807) is 0 Å². The number of aliphatic imine (C=N–C) groups is 1. The van der Waals surface area contributed by atoms with Gasteiger partial charge in [0.05, 0.1) is 0 Å². The quantitative estimate of drug-likeness (QED) is 0.206. The van der Waals surface area contributed by atoms with Gasteiger partial charge in [0.25, 0.3) is 0 Å². The van der Waals surface area contributed by atoms with Crippen LogP contribution < -0.4 is 10.6 Å². The number of pyridine rings is 1. The molecule has 4 aromatic rings. The smallest absolute Gasteiger partial charge is 0.191 e. The van der Waals surface area contributed by atoms with Crippen molar-refractivity contribution in [3.63, 3.8) is 0 Å². The molecule has 0 radical (unpaired) electrons. The number of halogens is 1. The molecule has 0 bridgehead atoms. The van der Waals surface area contributed by atoms with Gasteiger partial charge in [-0.1, -0.05) is 24.3 Å². The summed E-state index contributed by atoms with van der Waals surface area (Å²) >= 11 is 0. The highest BCUT2D eigenvalue weighted by molar-refractivity contribution is 14.0. The Bertz CT molecular complexity index is 1080. The lowest BCUT2D eigenvalue weighted by Crippen LogP contribution is -2.38. The van der Waals surface area contributed by atoms with Crippen molar-refractivity contribution in [2.24, 2.45) is 4.99 Å². The van der Waals surface area contributed by atoms with Crippen LogP contribution in [0.25, 0.3) is 16.6 Å². The van der Waals surface area contributed by atoms with Gasteiger partial charge in [0.2, 0.25) is 0 Å². The summed E-state index contributed by atoms with van der Waals surface area (Å²) in [5.74, 6) is 1.75. The average molecular weight is 503 g/mol. The second-order valence-electron chi connectivity index (χ2n) is 6.59. The van der Waals surface area contributed by atoms with E-state index in [1.807, 2.05) is 28.8 Å². The zero-order valence-corrected chi connectivity index (χ0v) is 18.8. The fourth-order valence-electron chi connectivity index (χ4n) is 3.32. The van der Waals surface area contributed by atoms with Crippen LogP contribution in [-0.4, -0.2) is 45.2 Å². The fourth-order valence-corrected chi connectivity index (χ4v) is 3.32. The number of nitrogens with one attached hydrogen (secondary N) is 3. The first-order valence-corrected chi connectivity index (χ1v) is 9.71. The first-order chi connectivity index (χ1) is 13.8. The number of H-pyrrole nitrogens is 1. The minimum atomic E-state index is 0. The molecule has 29 heavy (non-hydrogen) atoms. The van der Waals surface area contributed by atoms with Crippen molar-refractivity contribution < 1.29 is 0 Å². The van der Waals surface area contributed by atoms with Crippen LogP contribution in [-0.2, 0) is 12.8 Å². The SMILES string of the molecule is CCNC(=NCCc1nnc2ccccn12)NCCc1c[nH]c2ccccc12.I. The van der Waals surface area contributed by atoms with Crippen LogP contribution in [0.4, 0.5) is 0 Å². The third kappa shape index (κ3) is 5.06. The van der Waals surface area contributed by atoms with Crippen LogP contribution >= 0.6 is 24.0 Å². The number of rotatable bonds is 7. The summed E-state index contributed by atoms with van der Waals surface area (Å²) in [4.78, 5) is 8.01. The van der Waals surface area contributed by atoms with Crippen LogP contribution in [0.3, 0.4) is 0 Å². The van der Waals surface area contributed by atoms with Crippen molar-refractivity contribution in [3.8, 4) is 0 Å². The van der Waals surface area contributed by atoms with Gasteiger partial charge in [0.1, 0.15) is 5.82 Å². The molecule has 0 unspecified atom stereocenters. The van der Waals surface area contributed by atoms with Gasteiger partial charge in [-0.25, -0.2) is 0 Å². The van der Waals surface area contributed by atoms with Gasteiger partial charge in [-0.2, -0.15) is 0 Å². The van der Waals surface area contributed by atoms with Crippen LogP contribution in [0.2, 0.25) is 0 Å². The van der Waals surface area contributed by atoms with Crippen molar-refractivity contribution in [2.75, 3.05) is 19.6 Å². The lowest BCUT2D eigenvalue weighted by atomic mass is 10.1. The third-order valence-corrected chi connectivity index (χ3v) is 4.70.